The van der Waals surface area contributed by atoms with Crippen LogP contribution in [0.3, 0.4) is 0 Å². The Balaban J connectivity index is 1.99. The molecular formula is C12H7ClF3N3OS. The Hall–Kier alpha value is -1.93. The summed E-state index contributed by atoms with van der Waals surface area (Å²) in [6.07, 6.45) is -1.62. The van der Waals surface area contributed by atoms with Gasteiger partial charge in [0.15, 0.2) is 4.47 Å². The van der Waals surface area contributed by atoms with E-state index < -0.39 is 17.6 Å². The smallest absolute Gasteiger partial charge is 0.267 e. The van der Waals surface area contributed by atoms with Crippen molar-refractivity contribution in [3.05, 3.63) is 50.9 Å². The first-order valence-electron chi connectivity index (χ1n) is 5.48. The Morgan fingerprint density at radius 2 is 2.00 bits per heavy atom. The summed E-state index contributed by atoms with van der Waals surface area (Å²) in [5.74, 6) is -0.615. The molecule has 2 aromatic rings. The second-order valence-corrected chi connectivity index (χ2v) is 5.43. The van der Waals surface area contributed by atoms with E-state index >= 15 is 0 Å². The van der Waals surface area contributed by atoms with Crippen LogP contribution in [0.5, 0.6) is 0 Å². The monoisotopic (exact) mass is 333 g/mol. The molecule has 0 aliphatic carbocycles. The molecule has 1 heterocycles. The van der Waals surface area contributed by atoms with Gasteiger partial charge in [-0.25, -0.2) is 10.4 Å². The van der Waals surface area contributed by atoms with E-state index in [4.69, 9.17) is 11.6 Å². The highest BCUT2D eigenvalue weighted by molar-refractivity contribution is 7.17. The number of carbonyl (C=O) groups excluding carboxylic acids is 1. The number of hydrogen-bond acceptors (Lipinski definition) is 4. The van der Waals surface area contributed by atoms with Crippen LogP contribution in [0.1, 0.15) is 20.8 Å². The molecule has 0 bridgehead atoms. The lowest BCUT2D eigenvalue weighted by Crippen LogP contribution is -2.17. The van der Waals surface area contributed by atoms with Crippen LogP contribution in [0.4, 0.5) is 13.2 Å². The van der Waals surface area contributed by atoms with Crippen LogP contribution in [-0.4, -0.2) is 17.1 Å². The molecule has 1 aromatic carbocycles. The maximum Gasteiger partial charge on any atom is 0.416 e. The number of nitrogens with zero attached hydrogens (tertiary/aromatic N) is 2. The lowest BCUT2D eigenvalue weighted by molar-refractivity contribution is -0.137. The quantitative estimate of drug-likeness (QED) is 0.689. The number of amides is 1. The zero-order valence-corrected chi connectivity index (χ0v) is 11.8. The third kappa shape index (κ3) is 4.27. The number of hydrogen-bond donors (Lipinski definition) is 1. The van der Waals surface area contributed by atoms with E-state index in [0.29, 0.717) is 9.34 Å². The number of rotatable bonds is 3. The normalized spacial score (nSPS) is 11.8. The minimum Gasteiger partial charge on any atom is -0.267 e. The molecule has 0 radical (unpaired) electrons. The van der Waals surface area contributed by atoms with Gasteiger partial charge in [0.1, 0.15) is 0 Å². The number of nitrogens with one attached hydrogen (secondary N) is 1. The zero-order chi connectivity index (χ0) is 15.5. The molecule has 9 heteroatoms. The standard InChI is InChI=1S/C12H7ClF3N3OS/c13-11-17-5-9(21-11)6-18-19-10(20)7-1-3-8(4-2-7)12(14,15)16/h1-6H,(H,19,20). The molecule has 0 unspecified atom stereocenters. The minimum absolute atomic E-state index is 0.0717. The fourth-order valence-electron chi connectivity index (χ4n) is 1.35. The molecule has 1 aromatic heterocycles. The van der Waals surface area contributed by atoms with Crippen molar-refractivity contribution >= 4 is 35.1 Å². The van der Waals surface area contributed by atoms with E-state index in [1.165, 1.54) is 23.7 Å². The first kappa shape index (κ1) is 15.5. The molecule has 0 fully saturated rings. The predicted molar refractivity (Wildman–Crippen MR) is 73.6 cm³/mol. The molecule has 1 amide bonds. The first-order valence-corrected chi connectivity index (χ1v) is 6.68. The van der Waals surface area contributed by atoms with Gasteiger partial charge in [0.25, 0.3) is 5.91 Å². The summed E-state index contributed by atoms with van der Waals surface area (Å²) in [5, 5.41) is 3.67. The Labute approximate surface area is 126 Å². The largest absolute Gasteiger partial charge is 0.416 e. The number of benzene rings is 1. The predicted octanol–water partition coefficient (Wildman–Crippen LogP) is 3.58. The molecule has 110 valence electrons. The van der Waals surface area contributed by atoms with Gasteiger partial charge in [-0.3, -0.25) is 4.79 Å². The number of carbonyl (C=O) groups is 1. The van der Waals surface area contributed by atoms with Crippen molar-refractivity contribution in [2.75, 3.05) is 0 Å². The highest BCUT2D eigenvalue weighted by Crippen LogP contribution is 2.29. The van der Waals surface area contributed by atoms with E-state index in [1.54, 1.807) is 0 Å². The number of aromatic nitrogens is 1. The van der Waals surface area contributed by atoms with Crippen molar-refractivity contribution in [2.45, 2.75) is 6.18 Å². The van der Waals surface area contributed by atoms with Crippen LogP contribution in [0.2, 0.25) is 4.47 Å². The molecule has 21 heavy (non-hydrogen) atoms. The van der Waals surface area contributed by atoms with Crippen molar-refractivity contribution in [1.29, 1.82) is 0 Å². The number of thiazole rings is 1. The van der Waals surface area contributed by atoms with Gasteiger partial charge in [-0.05, 0) is 24.3 Å². The van der Waals surface area contributed by atoms with Crippen LogP contribution < -0.4 is 5.43 Å². The van der Waals surface area contributed by atoms with Gasteiger partial charge < -0.3 is 0 Å². The summed E-state index contributed by atoms with van der Waals surface area (Å²) in [5.41, 5.74) is 1.45. The van der Waals surface area contributed by atoms with Gasteiger partial charge in [0.05, 0.1) is 16.7 Å². The molecule has 0 saturated carbocycles. The average molecular weight is 334 g/mol. The van der Waals surface area contributed by atoms with Gasteiger partial charge in [-0.1, -0.05) is 11.6 Å². The third-order valence-electron chi connectivity index (χ3n) is 2.33. The van der Waals surface area contributed by atoms with E-state index in [2.05, 4.69) is 15.5 Å². The van der Waals surface area contributed by atoms with Crippen molar-refractivity contribution in [1.82, 2.24) is 10.4 Å². The van der Waals surface area contributed by atoms with Crippen LogP contribution in [0.25, 0.3) is 0 Å². The Bertz CT molecular complexity index is 667. The molecule has 0 saturated heterocycles. The fraction of sp³-hybridized carbons (Fsp3) is 0.0833. The Morgan fingerprint density at radius 3 is 2.52 bits per heavy atom. The highest BCUT2D eigenvalue weighted by atomic mass is 35.5. The number of hydrazone groups is 1. The summed E-state index contributed by atoms with van der Waals surface area (Å²) in [6.45, 7) is 0. The average Bonchev–Trinajstić information content (AvgIpc) is 2.83. The highest BCUT2D eigenvalue weighted by Gasteiger charge is 2.30. The summed E-state index contributed by atoms with van der Waals surface area (Å²) < 4.78 is 37.5. The van der Waals surface area contributed by atoms with Gasteiger partial charge in [0.2, 0.25) is 0 Å². The third-order valence-corrected chi connectivity index (χ3v) is 3.38. The van der Waals surface area contributed by atoms with Crippen LogP contribution >= 0.6 is 22.9 Å². The maximum atomic E-state index is 12.4. The molecule has 1 N–H and O–H groups in total. The maximum absolute atomic E-state index is 12.4. The van der Waals surface area contributed by atoms with Gasteiger partial charge in [-0.15, -0.1) is 11.3 Å². The Morgan fingerprint density at radius 1 is 1.33 bits per heavy atom. The van der Waals surface area contributed by atoms with Gasteiger partial charge in [0, 0.05) is 11.8 Å². The molecule has 4 nitrogen and oxygen atoms in total. The minimum atomic E-state index is -4.43. The van der Waals surface area contributed by atoms with Crippen LogP contribution in [-0.2, 0) is 6.18 Å². The van der Waals surface area contributed by atoms with Crippen molar-refractivity contribution in [3.63, 3.8) is 0 Å². The SMILES string of the molecule is O=C(NN=Cc1cnc(Cl)s1)c1ccc(C(F)(F)F)cc1. The van der Waals surface area contributed by atoms with Crippen molar-refractivity contribution < 1.29 is 18.0 Å². The van der Waals surface area contributed by atoms with E-state index in [1.807, 2.05) is 0 Å². The van der Waals surface area contributed by atoms with Gasteiger partial charge >= 0.3 is 6.18 Å². The molecule has 0 aliphatic rings. The Kier molecular flexibility index (Phi) is 4.59. The van der Waals surface area contributed by atoms with E-state index in [9.17, 15) is 18.0 Å². The topological polar surface area (TPSA) is 54.4 Å². The number of alkyl halides is 3. The van der Waals surface area contributed by atoms with Gasteiger partial charge in [-0.2, -0.15) is 18.3 Å². The summed E-state index contributed by atoms with van der Waals surface area (Å²) in [6, 6.07) is 3.83. The molecule has 0 spiro atoms. The van der Waals surface area contributed by atoms with E-state index in [0.717, 1.165) is 24.3 Å². The first-order chi connectivity index (χ1) is 9.86. The zero-order valence-electron chi connectivity index (χ0n) is 10.2. The molecule has 0 aliphatic heterocycles. The van der Waals surface area contributed by atoms with Crippen molar-refractivity contribution in [2.24, 2.45) is 5.10 Å². The van der Waals surface area contributed by atoms with E-state index in [-0.39, 0.29) is 5.56 Å². The van der Waals surface area contributed by atoms with Crippen molar-refractivity contribution in [3.8, 4) is 0 Å². The second-order valence-electron chi connectivity index (χ2n) is 3.79. The lowest BCUT2D eigenvalue weighted by atomic mass is 10.1. The van der Waals surface area contributed by atoms with Crippen LogP contribution in [0.15, 0.2) is 35.6 Å². The molecule has 0 atom stereocenters. The number of halogens is 4. The summed E-state index contributed by atoms with van der Waals surface area (Å²) in [4.78, 5) is 16.1. The second kappa shape index (κ2) is 6.23. The van der Waals surface area contributed by atoms with Crippen LogP contribution in [0, 0.1) is 0 Å². The molecule has 2 rings (SSSR count). The summed E-state index contributed by atoms with van der Waals surface area (Å²) >= 11 is 6.78. The summed E-state index contributed by atoms with van der Waals surface area (Å²) in [7, 11) is 0. The lowest BCUT2D eigenvalue weighted by Gasteiger charge is -2.06. The molecular weight excluding hydrogens is 327 g/mol. The fourth-order valence-corrected chi connectivity index (χ4v) is 2.18.